The van der Waals surface area contributed by atoms with Gasteiger partial charge in [0.1, 0.15) is 18.0 Å². The van der Waals surface area contributed by atoms with Gasteiger partial charge >= 0.3 is 12.3 Å². The molecule has 0 spiro atoms. The van der Waals surface area contributed by atoms with Gasteiger partial charge in [-0.15, -0.1) is 0 Å². The molecule has 1 unspecified atom stereocenters. The van der Waals surface area contributed by atoms with E-state index in [2.05, 4.69) is 10.3 Å². The molecule has 37 heavy (non-hydrogen) atoms. The van der Waals surface area contributed by atoms with Gasteiger partial charge in [-0.05, 0) is 81.5 Å². The number of fused-ring (bicyclic) bond motifs is 1. The molecule has 0 radical (unpaired) electrons. The van der Waals surface area contributed by atoms with Gasteiger partial charge in [0.25, 0.3) is 0 Å². The molecular weight excluding hydrogens is 505 g/mol. The normalized spacial score (nSPS) is 13.9. The van der Waals surface area contributed by atoms with Gasteiger partial charge in [-0.3, -0.25) is 4.98 Å². The summed E-state index contributed by atoms with van der Waals surface area (Å²) in [4.78, 5) is 16.7. The molecule has 3 aromatic rings. The van der Waals surface area contributed by atoms with Crippen LogP contribution in [-0.2, 0) is 10.9 Å². The van der Waals surface area contributed by atoms with Gasteiger partial charge < -0.3 is 14.8 Å². The Morgan fingerprint density at radius 3 is 2.41 bits per heavy atom. The van der Waals surface area contributed by atoms with Crippen LogP contribution in [0.15, 0.2) is 48.7 Å². The minimum atomic E-state index is -4.68. The van der Waals surface area contributed by atoms with E-state index < -0.39 is 29.0 Å². The lowest BCUT2D eigenvalue weighted by molar-refractivity contribution is -0.139. The highest BCUT2D eigenvalue weighted by Gasteiger charge is 2.37. The number of hydrogen-bond acceptors (Lipinski definition) is 4. The van der Waals surface area contributed by atoms with Gasteiger partial charge in [0.15, 0.2) is 0 Å². The second-order valence-electron chi connectivity index (χ2n) is 10.8. The molecular formula is C28H32ClF3N2O3. The number of halogens is 4. The molecule has 0 aliphatic rings. The summed E-state index contributed by atoms with van der Waals surface area (Å²) >= 11 is 6.23. The number of nitrogens with zero attached hydrogens (tertiary/aromatic N) is 1. The minimum Gasteiger partial charge on any atom is -0.491 e. The van der Waals surface area contributed by atoms with Gasteiger partial charge in [-0.1, -0.05) is 37.6 Å². The summed E-state index contributed by atoms with van der Waals surface area (Å²) < 4.78 is 53.6. The summed E-state index contributed by atoms with van der Waals surface area (Å²) in [5.74, 6) is -0.195. The lowest BCUT2D eigenvalue weighted by Gasteiger charge is -2.33. The predicted octanol–water partition coefficient (Wildman–Crippen LogP) is 8.28. The zero-order chi connectivity index (χ0) is 27.6. The largest absolute Gasteiger partial charge is 0.491 e. The Bertz CT molecular complexity index is 1270. The minimum absolute atomic E-state index is 0.137. The zero-order valence-corrected chi connectivity index (χ0v) is 22.6. The van der Waals surface area contributed by atoms with Crippen LogP contribution in [0.2, 0.25) is 5.02 Å². The smallest absolute Gasteiger partial charge is 0.419 e. The average molecular weight is 537 g/mol. The topological polar surface area (TPSA) is 60.5 Å². The number of carbonyl (C=O) groups excluding carboxylic acids is 1. The number of rotatable bonds is 7. The Balaban J connectivity index is 1.95. The second-order valence-corrected chi connectivity index (χ2v) is 11.2. The van der Waals surface area contributed by atoms with Gasteiger partial charge in [0.2, 0.25) is 0 Å². The number of pyridine rings is 1. The van der Waals surface area contributed by atoms with Crippen molar-refractivity contribution in [1.29, 1.82) is 0 Å². The summed E-state index contributed by atoms with van der Waals surface area (Å²) in [5.41, 5.74) is -1.17. The van der Waals surface area contributed by atoms with Crippen molar-refractivity contribution in [3.8, 4) is 16.9 Å². The quantitative estimate of drug-likeness (QED) is 0.330. The van der Waals surface area contributed by atoms with E-state index >= 15 is 0 Å². The van der Waals surface area contributed by atoms with Crippen LogP contribution in [-0.4, -0.2) is 28.8 Å². The maximum Gasteiger partial charge on any atom is 0.419 e. The van der Waals surface area contributed by atoms with Crippen LogP contribution in [0.4, 0.5) is 18.0 Å². The Kier molecular flexibility index (Phi) is 8.32. The van der Waals surface area contributed by atoms with Crippen LogP contribution in [0.3, 0.4) is 0 Å². The number of alkyl halides is 3. The highest BCUT2D eigenvalue weighted by molar-refractivity contribution is 6.31. The second kappa shape index (κ2) is 10.8. The van der Waals surface area contributed by atoms with Crippen LogP contribution in [0.5, 0.6) is 5.75 Å². The summed E-state index contributed by atoms with van der Waals surface area (Å²) in [6, 6.07) is 10.7. The number of hydrogen-bond donors (Lipinski definition) is 1. The van der Waals surface area contributed by atoms with E-state index in [4.69, 9.17) is 21.1 Å². The predicted molar refractivity (Wildman–Crippen MR) is 140 cm³/mol. The Hall–Kier alpha value is -3.00. The van der Waals surface area contributed by atoms with Gasteiger partial charge in [0.05, 0.1) is 16.6 Å². The molecule has 2 aromatic carbocycles. The standard InChI is InChI=1S/C28H32ClF3N2O3/c1-17(2)15-27(6,34-25(35)37-26(3,4)5)16-36-24-10-9-18(12-22(24)28(30,31)32)21-13-19(29)14-23-20(21)8-7-11-33-23/h7-14,17H,15-16H2,1-6H3,(H,34,35). The number of carbonyl (C=O) groups is 1. The van der Waals surface area contributed by atoms with Crippen molar-refractivity contribution in [2.24, 2.45) is 5.92 Å². The average Bonchev–Trinajstić information content (AvgIpc) is 2.74. The molecule has 1 amide bonds. The number of nitrogens with one attached hydrogen (secondary N) is 1. The number of benzene rings is 2. The van der Waals surface area contributed by atoms with Crippen molar-refractivity contribution in [2.75, 3.05) is 6.61 Å². The van der Waals surface area contributed by atoms with Crippen molar-refractivity contribution >= 4 is 28.6 Å². The van der Waals surface area contributed by atoms with E-state index in [-0.39, 0.29) is 18.3 Å². The van der Waals surface area contributed by atoms with Gasteiger partial charge in [0, 0.05) is 16.6 Å². The molecule has 0 saturated carbocycles. The SMILES string of the molecule is CC(C)CC(C)(COc1ccc(-c2cc(Cl)cc3ncccc23)cc1C(F)(F)F)NC(=O)OC(C)(C)C. The Labute approximate surface area is 220 Å². The van der Waals surface area contributed by atoms with Crippen LogP contribution < -0.4 is 10.1 Å². The number of aromatic nitrogens is 1. The summed E-state index contributed by atoms with van der Waals surface area (Å²) in [6.45, 7) is 10.7. The number of amides is 1. The van der Waals surface area contributed by atoms with E-state index in [0.717, 1.165) is 6.07 Å². The molecule has 0 fully saturated rings. The fourth-order valence-electron chi connectivity index (χ4n) is 4.27. The highest BCUT2D eigenvalue weighted by atomic mass is 35.5. The third-order valence-corrected chi connectivity index (χ3v) is 5.71. The summed E-state index contributed by atoms with van der Waals surface area (Å²) in [7, 11) is 0. The monoisotopic (exact) mass is 536 g/mol. The van der Waals surface area contributed by atoms with E-state index in [1.165, 1.54) is 6.07 Å². The van der Waals surface area contributed by atoms with E-state index in [9.17, 15) is 18.0 Å². The molecule has 0 bridgehead atoms. The zero-order valence-electron chi connectivity index (χ0n) is 21.8. The fourth-order valence-corrected chi connectivity index (χ4v) is 4.48. The molecule has 1 heterocycles. The third kappa shape index (κ3) is 7.74. The third-order valence-electron chi connectivity index (χ3n) is 5.49. The van der Waals surface area contributed by atoms with Crippen LogP contribution >= 0.6 is 11.6 Å². The number of ether oxygens (including phenoxy) is 2. The maximum atomic E-state index is 14.2. The lowest BCUT2D eigenvalue weighted by atomic mass is 9.91. The molecule has 1 atom stereocenters. The van der Waals surface area contributed by atoms with Crippen molar-refractivity contribution in [3.63, 3.8) is 0 Å². The van der Waals surface area contributed by atoms with E-state index in [0.29, 0.717) is 33.5 Å². The first kappa shape index (κ1) is 28.6. The summed E-state index contributed by atoms with van der Waals surface area (Å²) in [6.07, 6.45) is -3.27. The fraction of sp³-hybridized carbons (Fsp3) is 0.429. The Morgan fingerprint density at radius 2 is 1.78 bits per heavy atom. The summed E-state index contributed by atoms with van der Waals surface area (Å²) in [5, 5.41) is 3.83. The molecule has 1 N–H and O–H groups in total. The maximum absolute atomic E-state index is 14.2. The molecule has 200 valence electrons. The van der Waals surface area contributed by atoms with Gasteiger partial charge in [-0.25, -0.2) is 4.79 Å². The molecule has 3 rings (SSSR count). The molecule has 0 aliphatic heterocycles. The van der Waals surface area contributed by atoms with Crippen LogP contribution in [0.1, 0.15) is 53.5 Å². The van der Waals surface area contributed by atoms with Crippen LogP contribution in [0.25, 0.3) is 22.0 Å². The Morgan fingerprint density at radius 1 is 1.08 bits per heavy atom. The number of alkyl carbamates (subject to hydrolysis) is 1. The molecule has 0 aliphatic carbocycles. The molecule has 1 aromatic heterocycles. The molecule has 5 nitrogen and oxygen atoms in total. The first-order chi connectivity index (χ1) is 17.1. The van der Waals surface area contributed by atoms with Crippen molar-refractivity contribution in [1.82, 2.24) is 10.3 Å². The first-order valence-electron chi connectivity index (χ1n) is 12.0. The molecule has 0 saturated heterocycles. The highest BCUT2D eigenvalue weighted by Crippen LogP contribution is 2.41. The van der Waals surface area contributed by atoms with E-state index in [1.54, 1.807) is 64.2 Å². The van der Waals surface area contributed by atoms with Crippen molar-refractivity contribution < 1.29 is 27.4 Å². The molecule has 9 heteroatoms. The van der Waals surface area contributed by atoms with Crippen molar-refractivity contribution in [3.05, 3.63) is 59.2 Å². The van der Waals surface area contributed by atoms with Crippen LogP contribution in [0, 0.1) is 5.92 Å². The van der Waals surface area contributed by atoms with E-state index in [1.807, 2.05) is 13.8 Å². The lowest BCUT2D eigenvalue weighted by Crippen LogP contribution is -2.52. The van der Waals surface area contributed by atoms with Gasteiger partial charge in [-0.2, -0.15) is 13.2 Å². The first-order valence-corrected chi connectivity index (χ1v) is 12.3. The van der Waals surface area contributed by atoms with Crippen molar-refractivity contribution in [2.45, 2.75) is 65.3 Å².